The van der Waals surface area contributed by atoms with E-state index in [2.05, 4.69) is 57.8 Å². The standard InChI is InChI=1S/C51H85N17O17/c1-5-27(4)42(67-47(80)32(18-36(55)70)65-45(78)33(19-40(74)75)63-43(76)29(54)11-6-8-14-52)49(82)62-30(12-7-9-15-53)44(77)64-31(17-28-20-56-25-60-28)46(79)66-41(26(2)3)50(83)68-16-10-13-35(68)48(81)59-22-38(72)57-21-37(71)58-23-39(73)61-34(24-69)51(84)85/h20,25-27,29-35,41-42,69H,5-19,21-24,52-54H2,1-4H3,(H2,55,70)(H,56,60)(H,57,72)(H,58,71)(H,59,81)(H,61,73)(H,62,82)(H,63,76)(H,64,77)(H,65,78)(H,66,79)(H,67,80)(H,74,75)(H,84,85)/t27-,29-,30-,31-,32-,33-,34-,35-,41-,42-/m0/s1. The maximum atomic E-state index is 14.4. The molecule has 476 valence electrons. The molecule has 1 aliphatic rings. The summed E-state index contributed by atoms with van der Waals surface area (Å²) in [6, 6.07) is -13.0. The minimum atomic E-state index is -1.81. The van der Waals surface area contributed by atoms with Gasteiger partial charge in [-0.1, -0.05) is 40.5 Å². The van der Waals surface area contributed by atoms with E-state index in [4.69, 9.17) is 33.1 Å². The summed E-state index contributed by atoms with van der Waals surface area (Å²) in [7, 11) is 0. The van der Waals surface area contributed by atoms with Gasteiger partial charge in [-0.2, -0.15) is 0 Å². The van der Waals surface area contributed by atoms with Crippen molar-refractivity contribution >= 4 is 82.8 Å². The molecule has 0 aliphatic carbocycles. The second kappa shape index (κ2) is 37.8. The van der Waals surface area contributed by atoms with Crippen LogP contribution in [0.5, 0.6) is 0 Å². The molecule has 2 heterocycles. The summed E-state index contributed by atoms with van der Waals surface area (Å²) in [4.78, 5) is 191. The summed E-state index contributed by atoms with van der Waals surface area (Å²) < 4.78 is 0. The smallest absolute Gasteiger partial charge is 0.328 e. The highest BCUT2D eigenvalue weighted by molar-refractivity contribution is 6.00. The molecule has 12 amide bonds. The van der Waals surface area contributed by atoms with Gasteiger partial charge >= 0.3 is 11.9 Å². The molecule has 34 nitrogen and oxygen atoms in total. The van der Waals surface area contributed by atoms with Crippen LogP contribution in [0.3, 0.4) is 0 Å². The van der Waals surface area contributed by atoms with Crippen LogP contribution in [0.15, 0.2) is 12.5 Å². The van der Waals surface area contributed by atoms with Crippen LogP contribution in [-0.2, 0) is 73.5 Å². The number of aromatic nitrogens is 2. The number of amides is 12. The number of carboxylic acid groups (broad SMARTS) is 2. The average Bonchev–Trinajstić information content (AvgIpc) is 3.74. The second-order valence-corrected chi connectivity index (χ2v) is 20.7. The fraction of sp³-hybridized carbons (Fsp3) is 0.667. The van der Waals surface area contributed by atoms with Crippen molar-refractivity contribution in [3.05, 3.63) is 18.2 Å². The van der Waals surface area contributed by atoms with Gasteiger partial charge in [0.2, 0.25) is 70.9 Å². The van der Waals surface area contributed by atoms with E-state index in [0.29, 0.717) is 37.9 Å². The van der Waals surface area contributed by atoms with Crippen LogP contribution in [0.1, 0.15) is 104 Å². The molecule has 0 spiro atoms. The highest BCUT2D eigenvalue weighted by Crippen LogP contribution is 2.21. The molecule has 1 saturated heterocycles. The van der Waals surface area contributed by atoms with Crippen LogP contribution in [0.2, 0.25) is 0 Å². The first-order chi connectivity index (χ1) is 40.2. The van der Waals surface area contributed by atoms with Crippen molar-refractivity contribution in [3.63, 3.8) is 0 Å². The number of H-pyrrole nitrogens is 1. The molecule has 1 aliphatic heterocycles. The molecule has 1 fully saturated rings. The largest absolute Gasteiger partial charge is 0.481 e. The number of nitrogens with one attached hydrogen (secondary N) is 11. The third kappa shape index (κ3) is 26.0. The van der Waals surface area contributed by atoms with E-state index in [1.165, 1.54) is 17.4 Å². The number of hydrogen-bond acceptors (Lipinski definition) is 19. The Labute approximate surface area is 490 Å². The summed E-state index contributed by atoms with van der Waals surface area (Å²) >= 11 is 0. The van der Waals surface area contributed by atoms with Gasteiger partial charge in [-0.15, -0.1) is 0 Å². The Morgan fingerprint density at radius 1 is 0.647 bits per heavy atom. The third-order valence-electron chi connectivity index (χ3n) is 13.5. The number of rotatable bonds is 40. The summed E-state index contributed by atoms with van der Waals surface area (Å²) in [6.45, 7) is 4.31. The zero-order chi connectivity index (χ0) is 63.9. The lowest BCUT2D eigenvalue weighted by Crippen LogP contribution is -2.62. The van der Waals surface area contributed by atoms with Crippen LogP contribution in [0.4, 0.5) is 0 Å². The van der Waals surface area contributed by atoms with Crippen molar-refractivity contribution in [1.82, 2.24) is 68.0 Å². The van der Waals surface area contributed by atoms with Gasteiger partial charge in [0, 0.05) is 24.9 Å². The number of carboxylic acids is 2. The highest BCUT2D eigenvalue weighted by Gasteiger charge is 2.41. The summed E-state index contributed by atoms with van der Waals surface area (Å²) in [5.74, 6) is -15.2. The van der Waals surface area contributed by atoms with Gasteiger partial charge in [0.15, 0.2) is 0 Å². The second-order valence-electron chi connectivity index (χ2n) is 20.7. The van der Waals surface area contributed by atoms with Crippen molar-refractivity contribution < 1.29 is 82.4 Å². The Morgan fingerprint density at radius 2 is 1.18 bits per heavy atom. The molecular formula is C51H85N17O17. The summed E-state index contributed by atoms with van der Waals surface area (Å²) in [5, 5.41) is 51.4. The molecule has 22 N–H and O–H groups in total. The lowest BCUT2D eigenvalue weighted by Gasteiger charge is -2.32. The molecule has 0 unspecified atom stereocenters. The predicted molar refractivity (Wildman–Crippen MR) is 298 cm³/mol. The number of nitrogens with two attached hydrogens (primary N) is 4. The first-order valence-corrected chi connectivity index (χ1v) is 27.9. The molecule has 10 atom stereocenters. The van der Waals surface area contributed by atoms with Crippen LogP contribution < -0.4 is 76.1 Å². The normalized spacial score (nSPS) is 16.0. The van der Waals surface area contributed by atoms with E-state index < -0.39 is 188 Å². The molecule has 2 rings (SSSR count). The molecule has 0 saturated carbocycles. The number of aliphatic carboxylic acids is 2. The Kier molecular flexibility index (Phi) is 32.3. The minimum Gasteiger partial charge on any atom is -0.481 e. The molecule has 0 radical (unpaired) electrons. The van der Waals surface area contributed by atoms with Crippen LogP contribution in [0, 0.1) is 11.8 Å². The number of aromatic amines is 1. The molecule has 0 aromatic carbocycles. The Hall–Kier alpha value is -8.37. The number of carbonyl (C=O) groups is 14. The lowest BCUT2D eigenvalue weighted by molar-refractivity contribution is -0.143. The SMILES string of the molecule is CC[C@H](C)[C@H](NC(=O)[C@H](CC(N)=O)NC(=O)[C@H](CC(=O)O)NC(=O)[C@@H](N)CCCCN)C(=O)N[C@@H](CCCCN)C(=O)N[C@@H](Cc1cnc[nH]1)C(=O)N[C@H](C(=O)N1CCC[C@H]1C(=O)NCC(=O)NCC(=O)NCC(=O)N[C@@H](CO)C(=O)O)C(C)C. The zero-order valence-electron chi connectivity index (χ0n) is 48.2. The maximum Gasteiger partial charge on any atom is 0.328 e. The van der Waals surface area contributed by atoms with E-state index >= 15 is 0 Å². The fourth-order valence-electron chi connectivity index (χ4n) is 8.51. The number of aliphatic hydroxyl groups is 1. The topological polar surface area (TPSA) is 556 Å². The van der Waals surface area contributed by atoms with Crippen molar-refractivity contribution in [3.8, 4) is 0 Å². The van der Waals surface area contributed by atoms with Gasteiger partial charge in [-0.25, -0.2) is 9.78 Å². The predicted octanol–water partition coefficient (Wildman–Crippen LogP) is -7.60. The van der Waals surface area contributed by atoms with Gasteiger partial charge in [0.1, 0.15) is 48.3 Å². The van der Waals surface area contributed by atoms with Gasteiger partial charge < -0.3 is 101 Å². The van der Waals surface area contributed by atoms with Crippen molar-refractivity contribution in [2.45, 2.75) is 159 Å². The fourth-order valence-corrected chi connectivity index (χ4v) is 8.51. The average molecular weight is 1210 g/mol. The first kappa shape index (κ1) is 72.7. The molecular weight excluding hydrogens is 1120 g/mol. The van der Waals surface area contributed by atoms with E-state index in [1.807, 2.05) is 5.32 Å². The van der Waals surface area contributed by atoms with Gasteiger partial charge in [0.05, 0.1) is 51.5 Å². The Balaban J connectivity index is 2.30. The van der Waals surface area contributed by atoms with E-state index in [0.717, 1.165) is 0 Å². The summed E-state index contributed by atoms with van der Waals surface area (Å²) in [6.07, 6.45) is 3.25. The number of likely N-dealkylation sites (tertiary alicyclic amines) is 1. The Morgan fingerprint density at radius 3 is 1.73 bits per heavy atom. The van der Waals surface area contributed by atoms with E-state index in [9.17, 15) is 72.2 Å². The van der Waals surface area contributed by atoms with Crippen molar-refractivity contribution in [2.24, 2.45) is 34.8 Å². The quantitative estimate of drug-likeness (QED) is 0.0271. The van der Waals surface area contributed by atoms with Crippen LogP contribution in [0.25, 0.3) is 0 Å². The van der Waals surface area contributed by atoms with Gasteiger partial charge in [-0.05, 0) is 69.9 Å². The van der Waals surface area contributed by atoms with E-state index in [1.54, 1.807) is 27.7 Å². The number of nitrogens with zero attached hydrogens (tertiary/aromatic N) is 2. The third-order valence-corrected chi connectivity index (χ3v) is 13.5. The van der Waals surface area contributed by atoms with Crippen LogP contribution in [-0.4, -0.2) is 213 Å². The number of unbranched alkanes of at least 4 members (excludes halogenated alkanes) is 2. The lowest BCUT2D eigenvalue weighted by atomic mass is 9.96. The first-order valence-electron chi connectivity index (χ1n) is 27.9. The number of aliphatic hydroxyl groups excluding tert-OH is 1. The zero-order valence-corrected chi connectivity index (χ0v) is 48.2. The molecule has 1 aromatic rings. The number of hydrogen-bond donors (Lipinski definition) is 18. The summed E-state index contributed by atoms with van der Waals surface area (Å²) in [5.41, 5.74) is 23.0. The molecule has 34 heteroatoms. The maximum absolute atomic E-state index is 14.4. The number of primary amides is 1. The minimum absolute atomic E-state index is 0.0463. The molecule has 0 bridgehead atoms. The van der Waals surface area contributed by atoms with Crippen LogP contribution >= 0.6 is 0 Å². The van der Waals surface area contributed by atoms with E-state index in [-0.39, 0.29) is 51.6 Å². The Bertz CT molecular complexity index is 2470. The number of carbonyl (C=O) groups excluding carboxylic acids is 12. The molecule has 85 heavy (non-hydrogen) atoms. The molecule has 1 aromatic heterocycles. The van der Waals surface area contributed by atoms with Gasteiger partial charge in [-0.3, -0.25) is 62.3 Å². The van der Waals surface area contributed by atoms with Gasteiger partial charge in [0.25, 0.3) is 0 Å². The highest BCUT2D eigenvalue weighted by atomic mass is 16.4. The van der Waals surface area contributed by atoms with Crippen molar-refractivity contribution in [1.29, 1.82) is 0 Å². The number of imidazole rings is 1. The monoisotopic (exact) mass is 1210 g/mol. The van der Waals surface area contributed by atoms with Crippen molar-refractivity contribution in [2.75, 3.05) is 45.9 Å².